The second-order valence-electron chi connectivity index (χ2n) is 6.42. The average Bonchev–Trinajstić information content (AvgIpc) is 3.29. The van der Waals surface area contributed by atoms with E-state index in [1.165, 1.54) is 15.9 Å². The average molecular weight is 389 g/mol. The Kier molecular flexibility index (Phi) is 4.72. The van der Waals surface area contributed by atoms with E-state index < -0.39 is 17.7 Å². The Hall–Kier alpha value is -3.36. The summed E-state index contributed by atoms with van der Waals surface area (Å²) < 4.78 is 37.0. The van der Waals surface area contributed by atoms with Crippen molar-refractivity contribution in [3.05, 3.63) is 53.6 Å². The van der Waals surface area contributed by atoms with Crippen molar-refractivity contribution in [2.24, 2.45) is 0 Å². The Labute approximate surface area is 159 Å². The number of benzene rings is 2. The predicted molar refractivity (Wildman–Crippen MR) is 95.1 cm³/mol. The van der Waals surface area contributed by atoms with Crippen LogP contribution in [0.4, 0.5) is 19.3 Å². The standard InChI is InChI=1S/C19H17F2N3O4/c20-14-3-2-13(8-15(14)21)24-6-5-23(19(24)26)10-18(25)22-9-12-1-4-16-17(7-12)28-11-27-16/h1-4,7-8H,5-6,9-11H2,(H,22,25). The van der Waals surface area contributed by atoms with E-state index in [1.54, 1.807) is 12.1 Å². The van der Waals surface area contributed by atoms with Gasteiger partial charge in [0.1, 0.15) is 6.54 Å². The summed E-state index contributed by atoms with van der Waals surface area (Å²) in [6, 6.07) is 8.22. The number of nitrogens with one attached hydrogen (secondary N) is 1. The van der Waals surface area contributed by atoms with Crippen molar-refractivity contribution in [2.45, 2.75) is 6.54 Å². The van der Waals surface area contributed by atoms with E-state index in [1.807, 2.05) is 6.07 Å². The molecule has 0 atom stereocenters. The number of hydrogen-bond acceptors (Lipinski definition) is 4. The summed E-state index contributed by atoms with van der Waals surface area (Å²) in [4.78, 5) is 27.3. The Morgan fingerprint density at radius 3 is 2.68 bits per heavy atom. The summed E-state index contributed by atoms with van der Waals surface area (Å²) in [7, 11) is 0. The lowest BCUT2D eigenvalue weighted by molar-refractivity contribution is -0.121. The van der Waals surface area contributed by atoms with Crippen LogP contribution >= 0.6 is 0 Å². The normalized spacial score (nSPS) is 15.3. The van der Waals surface area contributed by atoms with Gasteiger partial charge in [-0.2, -0.15) is 0 Å². The van der Waals surface area contributed by atoms with Gasteiger partial charge in [0.05, 0.1) is 0 Å². The zero-order valence-electron chi connectivity index (χ0n) is 14.8. The van der Waals surface area contributed by atoms with Crippen molar-refractivity contribution in [1.82, 2.24) is 10.2 Å². The minimum Gasteiger partial charge on any atom is -0.454 e. The van der Waals surface area contributed by atoms with Gasteiger partial charge in [0.15, 0.2) is 23.1 Å². The number of urea groups is 1. The third-order valence-corrected chi connectivity index (χ3v) is 4.57. The molecule has 0 aromatic heterocycles. The number of nitrogens with zero attached hydrogens (tertiary/aromatic N) is 2. The lowest BCUT2D eigenvalue weighted by atomic mass is 10.2. The van der Waals surface area contributed by atoms with E-state index in [2.05, 4.69) is 5.32 Å². The molecular weight excluding hydrogens is 372 g/mol. The fourth-order valence-electron chi connectivity index (χ4n) is 3.10. The maximum absolute atomic E-state index is 13.4. The van der Waals surface area contributed by atoms with Crippen LogP contribution in [0.2, 0.25) is 0 Å². The Morgan fingerprint density at radius 1 is 1.04 bits per heavy atom. The van der Waals surface area contributed by atoms with Gasteiger partial charge in [-0.3, -0.25) is 9.69 Å². The fraction of sp³-hybridized carbons (Fsp3) is 0.263. The highest BCUT2D eigenvalue weighted by Gasteiger charge is 2.31. The van der Waals surface area contributed by atoms with Gasteiger partial charge in [-0.15, -0.1) is 0 Å². The maximum Gasteiger partial charge on any atom is 0.325 e. The molecule has 2 aromatic rings. The molecule has 7 nitrogen and oxygen atoms in total. The smallest absolute Gasteiger partial charge is 0.325 e. The molecule has 3 amide bonds. The second-order valence-corrected chi connectivity index (χ2v) is 6.42. The number of anilines is 1. The van der Waals surface area contributed by atoms with E-state index in [0.717, 1.165) is 17.7 Å². The molecular formula is C19H17F2N3O4. The van der Waals surface area contributed by atoms with Crippen molar-refractivity contribution >= 4 is 17.6 Å². The lowest BCUT2D eigenvalue weighted by Crippen LogP contribution is -2.39. The molecule has 2 aliphatic heterocycles. The van der Waals surface area contributed by atoms with Gasteiger partial charge < -0.3 is 19.7 Å². The molecule has 1 saturated heterocycles. The molecule has 0 saturated carbocycles. The molecule has 0 spiro atoms. The van der Waals surface area contributed by atoms with E-state index in [0.29, 0.717) is 24.6 Å². The number of amides is 3. The van der Waals surface area contributed by atoms with Gasteiger partial charge in [-0.1, -0.05) is 6.07 Å². The van der Waals surface area contributed by atoms with Crippen LogP contribution in [0, 0.1) is 11.6 Å². The number of fused-ring (bicyclic) bond motifs is 1. The summed E-state index contributed by atoms with van der Waals surface area (Å²) in [5, 5.41) is 2.75. The number of carbonyl (C=O) groups is 2. The summed E-state index contributed by atoms with van der Waals surface area (Å²) >= 11 is 0. The highest BCUT2D eigenvalue weighted by molar-refractivity contribution is 5.96. The molecule has 0 unspecified atom stereocenters. The third kappa shape index (κ3) is 3.55. The van der Waals surface area contributed by atoms with Crippen molar-refractivity contribution in [2.75, 3.05) is 31.3 Å². The molecule has 28 heavy (non-hydrogen) atoms. The topological polar surface area (TPSA) is 71.1 Å². The summed E-state index contributed by atoms with van der Waals surface area (Å²) in [5.41, 5.74) is 1.10. The van der Waals surface area contributed by atoms with E-state index in [-0.39, 0.29) is 31.5 Å². The van der Waals surface area contributed by atoms with Crippen molar-refractivity contribution in [3.8, 4) is 11.5 Å². The zero-order valence-corrected chi connectivity index (χ0v) is 14.8. The first-order chi connectivity index (χ1) is 13.5. The molecule has 0 bridgehead atoms. The van der Waals surface area contributed by atoms with Crippen LogP contribution < -0.4 is 19.7 Å². The van der Waals surface area contributed by atoms with Gasteiger partial charge >= 0.3 is 6.03 Å². The van der Waals surface area contributed by atoms with Gasteiger partial charge in [0, 0.05) is 31.4 Å². The zero-order chi connectivity index (χ0) is 19.7. The first-order valence-corrected chi connectivity index (χ1v) is 8.68. The van der Waals surface area contributed by atoms with Gasteiger partial charge in [-0.25, -0.2) is 13.6 Å². The molecule has 0 aliphatic carbocycles. The van der Waals surface area contributed by atoms with Crippen molar-refractivity contribution in [3.63, 3.8) is 0 Å². The Bertz CT molecular complexity index is 937. The summed E-state index contributed by atoms with van der Waals surface area (Å²) in [6.07, 6.45) is 0. The number of carbonyl (C=O) groups excluding carboxylic acids is 2. The van der Waals surface area contributed by atoms with Crippen LogP contribution in [-0.2, 0) is 11.3 Å². The highest BCUT2D eigenvalue weighted by atomic mass is 19.2. The molecule has 2 aromatic carbocycles. The number of hydrogen-bond donors (Lipinski definition) is 1. The minimum atomic E-state index is -1.02. The first kappa shape index (κ1) is 18.0. The molecule has 2 heterocycles. The highest BCUT2D eigenvalue weighted by Crippen LogP contribution is 2.32. The van der Waals surface area contributed by atoms with Crippen LogP contribution in [0.3, 0.4) is 0 Å². The molecule has 2 aliphatic rings. The molecule has 146 valence electrons. The quantitative estimate of drug-likeness (QED) is 0.852. The molecule has 1 N–H and O–H groups in total. The van der Waals surface area contributed by atoms with E-state index in [4.69, 9.17) is 9.47 Å². The monoisotopic (exact) mass is 389 g/mol. The Morgan fingerprint density at radius 2 is 1.86 bits per heavy atom. The summed E-state index contributed by atoms with van der Waals surface area (Å²) in [5.74, 6) is -1.03. The van der Waals surface area contributed by atoms with Gasteiger partial charge in [-0.05, 0) is 29.8 Å². The Balaban J connectivity index is 1.32. The molecule has 1 fully saturated rings. The molecule has 4 rings (SSSR count). The van der Waals surface area contributed by atoms with E-state index in [9.17, 15) is 18.4 Å². The summed E-state index contributed by atoms with van der Waals surface area (Å²) in [6.45, 7) is 0.944. The maximum atomic E-state index is 13.4. The van der Waals surface area contributed by atoms with Crippen LogP contribution in [0.25, 0.3) is 0 Å². The van der Waals surface area contributed by atoms with Crippen LogP contribution in [0.1, 0.15) is 5.56 Å². The third-order valence-electron chi connectivity index (χ3n) is 4.57. The number of ether oxygens (including phenoxy) is 2. The van der Waals surface area contributed by atoms with E-state index >= 15 is 0 Å². The largest absolute Gasteiger partial charge is 0.454 e. The van der Waals surface area contributed by atoms with Crippen molar-refractivity contribution < 1.29 is 27.8 Å². The van der Waals surface area contributed by atoms with Crippen molar-refractivity contribution in [1.29, 1.82) is 0 Å². The first-order valence-electron chi connectivity index (χ1n) is 8.68. The fourth-order valence-corrected chi connectivity index (χ4v) is 3.10. The molecule has 9 heteroatoms. The van der Waals surface area contributed by atoms with Crippen LogP contribution in [0.15, 0.2) is 36.4 Å². The van der Waals surface area contributed by atoms with Crippen LogP contribution in [-0.4, -0.2) is 43.3 Å². The number of halogens is 2. The van der Waals surface area contributed by atoms with Gasteiger partial charge in [0.2, 0.25) is 12.7 Å². The minimum absolute atomic E-state index is 0.121. The second kappa shape index (κ2) is 7.34. The number of rotatable bonds is 5. The lowest BCUT2D eigenvalue weighted by Gasteiger charge is -2.18. The molecule has 0 radical (unpaired) electrons. The van der Waals surface area contributed by atoms with Gasteiger partial charge in [0.25, 0.3) is 0 Å². The predicted octanol–water partition coefficient (Wildman–Crippen LogP) is 2.25. The van der Waals surface area contributed by atoms with Crippen LogP contribution in [0.5, 0.6) is 11.5 Å². The SMILES string of the molecule is O=C(CN1CCN(c2ccc(F)c(F)c2)C1=O)NCc1ccc2c(c1)OCO2.